The summed E-state index contributed by atoms with van der Waals surface area (Å²) in [6.07, 6.45) is 0. The lowest BCUT2D eigenvalue weighted by Gasteiger charge is -2.59. The van der Waals surface area contributed by atoms with E-state index < -0.39 is 0 Å². The molecule has 2 nitrogen and oxygen atoms in total. The van der Waals surface area contributed by atoms with Gasteiger partial charge in [0, 0.05) is 34.7 Å². The molecule has 48 valence electrons. The molecular formula is C6H8N2S. The molecule has 0 aromatic rings. The van der Waals surface area contributed by atoms with Gasteiger partial charge in [-0.2, -0.15) is 0 Å². The quantitative estimate of drug-likeness (QED) is 0.459. The van der Waals surface area contributed by atoms with Crippen LogP contribution in [0.5, 0.6) is 0 Å². The van der Waals surface area contributed by atoms with Crippen molar-refractivity contribution in [3.05, 3.63) is 0 Å². The fraction of sp³-hybridized carbons (Fsp3) is 1.00. The molecule has 4 heterocycles. The van der Waals surface area contributed by atoms with Gasteiger partial charge in [-0.25, -0.2) is 0 Å². The van der Waals surface area contributed by atoms with Crippen LogP contribution in [0.1, 0.15) is 0 Å². The van der Waals surface area contributed by atoms with E-state index in [1.807, 2.05) is 0 Å². The highest BCUT2D eigenvalue weighted by molar-refractivity contribution is 8.01. The standard InChI is InChI=1S/C6H8N2S/c7-1-2-6-4(8-2)3(7)5(1)9-6/h1-8H/t1-,2+,3+,4-,5?,6?. The summed E-state index contributed by atoms with van der Waals surface area (Å²) in [6.45, 7) is 0. The molecule has 9 heavy (non-hydrogen) atoms. The van der Waals surface area contributed by atoms with Crippen molar-refractivity contribution in [1.29, 1.82) is 0 Å². The summed E-state index contributed by atoms with van der Waals surface area (Å²) in [6, 6.07) is 3.43. The van der Waals surface area contributed by atoms with E-state index in [9.17, 15) is 0 Å². The van der Waals surface area contributed by atoms with Gasteiger partial charge in [0.2, 0.25) is 0 Å². The molecular weight excluding hydrogens is 132 g/mol. The molecule has 0 saturated carbocycles. The van der Waals surface area contributed by atoms with Crippen LogP contribution in [0.2, 0.25) is 0 Å². The molecule has 4 aliphatic rings. The molecule has 2 N–H and O–H groups in total. The zero-order chi connectivity index (χ0) is 5.59. The summed E-state index contributed by atoms with van der Waals surface area (Å²) in [5.41, 5.74) is 0. The van der Waals surface area contributed by atoms with Crippen molar-refractivity contribution in [3.8, 4) is 0 Å². The minimum absolute atomic E-state index is 0.856. The normalized spacial score (nSPS) is 80.0. The monoisotopic (exact) mass is 140 g/mol. The van der Waals surface area contributed by atoms with Gasteiger partial charge in [-0.05, 0) is 0 Å². The van der Waals surface area contributed by atoms with Crippen LogP contribution in [0, 0.1) is 0 Å². The van der Waals surface area contributed by atoms with Crippen molar-refractivity contribution in [2.24, 2.45) is 0 Å². The second kappa shape index (κ2) is 0.966. The zero-order valence-electron chi connectivity index (χ0n) is 4.87. The predicted molar refractivity (Wildman–Crippen MR) is 36.6 cm³/mol. The minimum atomic E-state index is 0.856. The molecule has 3 heteroatoms. The Labute approximate surface area is 57.8 Å². The molecule has 0 aromatic carbocycles. The highest BCUT2D eigenvalue weighted by atomic mass is 32.2. The smallest absolute Gasteiger partial charge is 0.0389 e. The van der Waals surface area contributed by atoms with E-state index in [-0.39, 0.29) is 0 Å². The van der Waals surface area contributed by atoms with Gasteiger partial charge < -0.3 is 10.6 Å². The van der Waals surface area contributed by atoms with Gasteiger partial charge in [0.1, 0.15) is 0 Å². The summed E-state index contributed by atoms with van der Waals surface area (Å²) in [5, 5.41) is 9.19. The maximum absolute atomic E-state index is 3.59. The van der Waals surface area contributed by atoms with Crippen LogP contribution in [0.3, 0.4) is 0 Å². The van der Waals surface area contributed by atoms with E-state index in [0.717, 1.165) is 34.7 Å². The first-order valence-electron chi connectivity index (χ1n) is 3.63. The summed E-state index contributed by atoms with van der Waals surface area (Å²) >= 11 is 2.22. The van der Waals surface area contributed by atoms with Crippen molar-refractivity contribution >= 4 is 11.8 Å². The van der Waals surface area contributed by atoms with E-state index in [1.54, 1.807) is 0 Å². The van der Waals surface area contributed by atoms with E-state index in [1.165, 1.54) is 0 Å². The Morgan fingerprint density at radius 3 is 1.44 bits per heavy atom. The first kappa shape index (κ1) is 4.21. The molecule has 2 bridgehead atoms. The third kappa shape index (κ3) is 0.247. The Balaban J connectivity index is 1.97. The van der Waals surface area contributed by atoms with Gasteiger partial charge in [-0.15, -0.1) is 11.8 Å². The number of hydrogen-bond acceptors (Lipinski definition) is 3. The zero-order valence-corrected chi connectivity index (χ0v) is 5.69. The number of piperazine rings is 1. The summed E-state index contributed by atoms with van der Waals surface area (Å²) in [7, 11) is 0. The van der Waals surface area contributed by atoms with E-state index in [4.69, 9.17) is 0 Å². The average molecular weight is 140 g/mol. The molecule has 0 spiro atoms. The fourth-order valence-corrected chi connectivity index (χ4v) is 4.82. The van der Waals surface area contributed by atoms with Crippen molar-refractivity contribution in [1.82, 2.24) is 10.6 Å². The van der Waals surface area contributed by atoms with Gasteiger partial charge in [0.15, 0.2) is 0 Å². The van der Waals surface area contributed by atoms with Gasteiger partial charge in [0.05, 0.1) is 0 Å². The predicted octanol–water partition coefficient (Wildman–Crippen LogP) is -0.835. The Bertz CT molecular complexity index is 146. The highest BCUT2D eigenvalue weighted by Gasteiger charge is 2.72. The Kier molecular flexibility index (Phi) is 0.452. The topological polar surface area (TPSA) is 24.1 Å². The first-order valence-corrected chi connectivity index (χ1v) is 4.57. The van der Waals surface area contributed by atoms with Crippen LogP contribution in [-0.2, 0) is 0 Å². The van der Waals surface area contributed by atoms with Crippen LogP contribution in [0.25, 0.3) is 0 Å². The van der Waals surface area contributed by atoms with Crippen LogP contribution in [-0.4, -0.2) is 34.7 Å². The van der Waals surface area contributed by atoms with Gasteiger partial charge in [-0.1, -0.05) is 0 Å². The second-order valence-corrected chi connectivity index (χ2v) is 4.86. The van der Waals surface area contributed by atoms with Crippen molar-refractivity contribution < 1.29 is 0 Å². The Morgan fingerprint density at radius 1 is 0.778 bits per heavy atom. The number of fused-ring (bicyclic) bond motifs is 2. The lowest BCUT2D eigenvalue weighted by atomic mass is 9.69. The molecule has 2 unspecified atom stereocenters. The largest absolute Gasteiger partial charge is 0.306 e. The lowest BCUT2D eigenvalue weighted by molar-refractivity contribution is 0.0474. The molecule has 0 amide bonds. The third-order valence-corrected chi connectivity index (χ3v) is 5.08. The lowest BCUT2D eigenvalue weighted by Crippen LogP contribution is -2.88. The first-order chi connectivity index (χ1) is 4.45. The summed E-state index contributed by atoms with van der Waals surface area (Å²) in [5.74, 6) is 0. The van der Waals surface area contributed by atoms with Gasteiger partial charge >= 0.3 is 0 Å². The van der Waals surface area contributed by atoms with Crippen LogP contribution >= 0.6 is 11.8 Å². The van der Waals surface area contributed by atoms with Crippen molar-refractivity contribution in [2.75, 3.05) is 0 Å². The molecule has 6 atom stereocenters. The number of hydrogen-bond donors (Lipinski definition) is 2. The fourth-order valence-electron chi connectivity index (χ4n) is 2.79. The molecule has 0 radical (unpaired) electrons. The maximum atomic E-state index is 3.59. The Hall–Kier alpha value is 0.270. The van der Waals surface area contributed by atoms with Crippen LogP contribution in [0.4, 0.5) is 0 Å². The van der Waals surface area contributed by atoms with E-state index >= 15 is 0 Å². The summed E-state index contributed by atoms with van der Waals surface area (Å²) in [4.78, 5) is 0. The van der Waals surface area contributed by atoms with Crippen molar-refractivity contribution in [3.63, 3.8) is 0 Å². The van der Waals surface area contributed by atoms with Crippen molar-refractivity contribution in [2.45, 2.75) is 34.7 Å². The number of thioether (sulfide) groups is 1. The molecule has 0 aromatic heterocycles. The molecule has 0 aliphatic carbocycles. The average Bonchev–Trinajstić information content (AvgIpc) is 2.14. The Morgan fingerprint density at radius 2 is 1.22 bits per heavy atom. The number of rotatable bonds is 0. The third-order valence-electron chi connectivity index (χ3n) is 3.27. The molecule has 4 aliphatic heterocycles. The van der Waals surface area contributed by atoms with Gasteiger partial charge in [0.25, 0.3) is 0 Å². The molecule has 4 rings (SSSR count). The molecule has 4 saturated heterocycles. The van der Waals surface area contributed by atoms with Crippen LogP contribution < -0.4 is 10.6 Å². The second-order valence-electron chi connectivity index (χ2n) is 3.50. The molecule has 4 fully saturated rings. The summed E-state index contributed by atoms with van der Waals surface area (Å²) < 4.78 is 0. The number of piperidine rings is 2. The highest BCUT2D eigenvalue weighted by Crippen LogP contribution is 2.57. The van der Waals surface area contributed by atoms with E-state index in [2.05, 4.69) is 22.4 Å². The van der Waals surface area contributed by atoms with Gasteiger partial charge in [-0.3, -0.25) is 0 Å². The minimum Gasteiger partial charge on any atom is -0.306 e. The van der Waals surface area contributed by atoms with E-state index in [0.29, 0.717) is 0 Å². The maximum Gasteiger partial charge on any atom is 0.0389 e. The SMILES string of the molecule is N1[C@@H]2C3SC4[C@@H](N[C@@H]42)[C@@H]13. The number of nitrogens with one attached hydrogen (secondary N) is 2. The van der Waals surface area contributed by atoms with Crippen LogP contribution in [0.15, 0.2) is 0 Å².